The quantitative estimate of drug-likeness (QED) is 0.680. The van der Waals surface area contributed by atoms with Crippen LogP contribution in [0.5, 0.6) is 0 Å². The number of urea groups is 1. The van der Waals surface area contributed by atoms with Crippen molar-refractivity contribution in [3.05, 3.63) is 58.6 Å². The van der Waals surface area contributed by atoms with Gasteiger partial charge < -0.3 is 4.42 Å². The molecule has 3 rings (SSSR count). The highest BCUT2D eigenvalue weighted by atomic mass is 16.3. The number of carbonyl (C=O) groups is 3. The molecule has 1 N–H and O–H groups in total. The monoisotopic (exact) mass is 324 g/mol. The number of benzene rings is 1. The molecular formula is C18H16N2O4. The molecule has 1 saturated heterocycles. The van der Waals surface area contributed by atoms with Crippen LogP contribution in [0.2, 0.25) is 0 Å². The topological polar surface area (TPSA) is 79.6 Å². The zero-order valence-corrected chi connectivity index (χ0v) is 13.5. The van der Waals surface area contributed by atoms with Crippen molar-refractivity contribution in [2.45, 2.75) is 20.8 Å². The number of anilines is 1. The van der Waals surface area contributed by atoms with E-state index in [-0.39, 0.29) is 5.57 Å². The summed E-state index contributed by atoms with van der Waals surface area (Å²) < 4.78 is 5.41. The summed E-state index contributed by atoms with van der Waals surface area (Å²) in [7, 11) is 0. The molecule has 2 heterocycles. The lowest BCUT2D eigenvalue weighted by molar-refractivity contribution is -0.122. The minimum Gasteiger partial charge on any atom is -0.466 e. The summed E-state index contributed by atoms with van der Waals surface area (Å²) in [6, 6.07) is 7.97. The molecule has 1 aliphatic heterocycles. The minimum atomic E-state index is -0.753. The van der Waals surface area contributed by atoms with E-state index >= 15 is 0 Å². The largest absolute Gasteiger partial charge is 0.466 e. The second-order valence-electron chi connectivity index (χ2n) is 5.61. The van der Waals surface area contributed by atoms with Gasteiger partial charge in [-0.25, -0.2) is 9.69 Å². The Morgan fingerprint density at radius 2 is 1.79 bits per heavy atom. The number of aryl methyl sites for hydroxylation is 3. The molecule has 0 atom stereocenters. The highest BCUT2D eigenvalue weighted by Gasteiger charge is 2.37. The molecule has 24 heavy (non-hydrogen) atoms. The Hall–Kier alpha value is -3.15. The predicted molar refractivity (Wildman–Crippen MR) is 88.4 cm³/mol. The normalized spacial score (nSPS) is 16.7. The molecule has 6 heteroatoms. The molecule has 6 nitrogen and oxygen atoms in total. The summed E-state index contributed by atoms with van der Waals surface area (Å²) in [6.07, 6.45) is 1.45. The van der Waals surface area contributed by atoms with Gasteiger partial charge >= 0.3 is 6.03 Å². The molecule has 0 bridgehead atoms. The first kappa shape index (κ1) is 15.7. The number of hydrogen-bond donors (Lipinski definition) is 1. The van der Waals surface area contributed by atoms with Crippen LogP contribution in [0, 0.1) is 20.8 Å². The van der Waals surface area contributed by atoms with Crippen LogP contribution in [-0.2, 0) is 9.59 Å². The maximum Gasteiger partial charge on any atom is 0.335 e. The number of barbiturate groups is 1. The van der Waals surface area contributed by atoms with Gasteiger partial charge in [-0.15, -0.1) is 0 Å². The number of amides is 4. The number of rotatable bonds is 2. The van der Waals surface area contributed by atoms with Crippen LogP contribution in [0.3, 0.4) is 0 Å². The van der Waals surface area contributed by atoms with E-state index in [0.29, 0.717) is 22.8 Å². The lowest BCUT2D eigenvalue weighted by atomic mass is 10.1. The van der Waals surface area contributed by atoms with Crippen molar-refractivity contribution < 1.29 is 18.8 Å². The van der Waals surface area contributed by atoms with Gasteiger partial charge in [-0.05, 0) is 44.5 Å². The summed E-state index contributed by atoms with van der Waals surface area (Å²) >= 11 is 0. The maximum absolute atomic E-state index is 12.8. The van der Waals surface area contributed by atoms with Gasteiger partial charge in [0.25, 0.3) is 11.8 Å². The lowest BCUT2D eigenvalue weighted by Gasteiger charge is -2.27. The molecule has 0 unspecified atom stereocenters. The number of carbonyl (C=O) groups excluding carboxylic acids is 3. The van der Waals surface area contributed by atoms with Crippen molar-refractivity contribution in [2.75, 3.05) is 4.90 Å². The number of nitrogens with zero attached hydrogens (tertiary/aromatic N) is 1. The van der Waals surface area contributed by atoms with Crippen LogP contribution in [0.1, 0.15) is 22.6 Å². The predicted octanol–water partition coefficient (Wildman–Crippen LogP) is 2.87. The van der Waals surface area contributed by atoms with E-state index < -0.39 is 17.8 Å². The molecule has 1 fully saturated rings. The Labute approximate surface area is 138 Å². The van der Waals surface area contributed by atoms with Crippen LogP contribution in [-0.4, -0.2) is 17.8 Å². The molecule has 4 amide bonds. The number of furan rings is 1. The SMILES string of the molecule is Cc1cc(/C=C2\C(=O)NC(=O)N(c3ccccc3C)C2=O)c(C)o1. The van der Waals surface area contributed by atoms with E-state index in [2.05, 4.69) is 5.32 Å². The van der Waals surface area contributed by atoms with Crippen LogP contribution < -0.4 is 10.2 Å². The first-order valence-electron chi connectivity index (χ1n) is 7.42. The smallest absolute Gasteiger partial charge is 0.335 e. The number of hydrogen-bond acceptors (Lipinski definition) is 4. The second kappa shape index (κ2) is 5.81. The Morgan fingerprint density at radius 3 is 2.42 bits per heavy atom. The molecular weight excluding hydrogens is 308 g/mol. The first-order valence-corrected chi connectivity index (χ1v) is 7.42. The zero-order chi connectivity index (χ0) is 17.4. The van der Waals surface area contributed by atoms with E-state index in [1.165, 1.54) is 6.08 Å². The zero-order valence-electron chi connectivity index (χ0n) is 13.5. The van der Waals surface area contributed by atoms with Crippen molar-refractivity contribution in [1.29, 1.82) is 0 Å². The summed E-state index contributed by atoms with van der Waals surface area (Å²) in [5, 5.41) is 2.21. The molecule has 1 aromatic carbocycles. The van der Waals surface area contributed by atoms with Crippen molar-refractivity contribution in [2.24, 2.45) is 0 Å². The summed E-state index contributed by atoms with van der Waals surface area (Å²) in [4.78, 5) is 38.0. The van der Waals surface area contributed by atoms with Crippen molar-refractivity contribution in [3.8, 4) is 0 Å². The van der Waals surface area contributed by atoms with Gasteiger partial charge in [0.2, 0.25) is 0 Å². The lowest BCUT2D eigenvalue weighted by Crippen LogP contribution is -2.54. The van der Waals surface area contributed by atoms with Crippen LogP contribution in [0.4, 0.5) is 10.5 Å². The average Bonchev–Trinajstić information content (AvgIpc) is 2.83. The van der Waals surface area contributed by atoms with Gasteiger partial charge in [-0.2, -0.15) is 0 Å². The van der Waals surface area contributed by atoms with Crippen molar-refractivity contribution in [1.82, 2.24) is 5.32 Å². The number of nitrogens with one attached hydrogen (secondary N) is 1. The average molecular weight is 324 g/mol. The third-order valence-electron chi connectivity index (χ3n) is 3.84. The highest BCUT2D eigenvalue weighted by Crippen LogP contribution is 2.25. The van der Waals surface area contributed by atoms with Crippen LogP contribution in [0.25, 0.3) is 6.08 Å². The second-order valence-corrected chi connectivity index (χ2v) is 5.61. The fraction of sp³-hybridized carbons (Fsp3) is 0.167. The van der Waals surface area contributed by atoms with Gasteiger partial charge in [-0.1, -0.05) is 18.2 Å². The van der Waals surface area contributed by atoms with Crippen molar-refractivity contribution in [3.63, 3.8) is 0 Å². The molecule has 0 saturated carbocycles. The maximum atomic E-state index is 12.8. The van der Waals surface area contributed by atoms with Crippen LogP contribution >= 0.6 is 0 Å². The van der Waals surface area contributed by atoms with E-state index in [1.807, 2.05) is 6.07 Å². The first-order chi connectivity index (χ1) is 11.4. The van der Waals surface area contributed by atoms with E-state index in [1.54, 1.807) is 45.0 Å². The Bertz CT molecular complexity index is 892. The van der Waals surface area contributed by atoms with Gasteiger partial charge in [0.15, 0.2) is 0 Å². The summed E-state index contributed by atoms with van der Waals surface area (Å²) in [5.41, 5.74) is 1.72. The van der Waals surface area contributed by atoms with Gasteiger partial charge in [0, 0.05) is 5.56 Å². The number of imide groups is 2. The molecule has 1 aliphatic rings. The molecule has 122 valence electrons. The third-order valence-corrected chi connectivity index (χ3v) is 3.84. The number of para-hydroxylation sites is 1. The van der Waals surface area contributed by atoms with Crippen molar-refractivity contribution >= 4 is 29.6 Å². The van der Waals surface area contributed by atoms with E-state index in [0.717, 1.165) is 10.5 Å². The Kier molecular flexibility index (Phi) is 3.81. The fourth-order valence-electron chi connectivity index (χ4n) is 2.64. The van der Waals surface area contributed by atoms with E-state index in [4.69, 9.17) is 4.42 Å². The fourth-order valence-corrected chi connectivity index (χ4v) is 2.64. The summed E-state index contributed by atoms with van der Waals surface area (Å²) in [6.45, 7) is 5.31. The van der Waals surface area contributed by atoms with E-state index in [9.17, 15) is 14.4 Å². The molecule has 2 aromatic rings. The molecule has 0 spiro atoms. The van der Waals surface area contributed by atoms with Crippen LogP contribution in [0.15, 0.2) is 40.3 Å². The van der Waals surface area contributed by atoms with Gasteiger partial charge in [-0.3, -0.25) is 14.9 Å². The minimum absolute atomic E-state index is 0.109. The Balaban J connectivity index is 2.07. The highest BCUT2D eigenvalue weighted by molar-refractivity contribution is 6.39. The summed E-state index contributed by atoms with van der Waals surface area (Å²) in [5.74, 6) is -0.0980. The Morgan fingerprint density at radius 1 is 1.08 bits per heavy atom. The van der Waals surface area contributed by atoms with Gasteiger partial charge in [0.05, 0.1) is 5.69 Å². The third kappa shape index (κ3) is 2.62. The molecule has 0 aliphatic carbocycles. The van der Waals surface area contributed by atoms with Gasteiger partial charge in [0.1, 0.15) is 17.1 Å². The molecule has 0 radical (unpaired) electrons. The standard InChI is InChI=1S/C18H16N2O4/c1-10-6-4-5-7-15(10)20-17(22)14(16(21)19-18(20)23)9-13-8-11(2)24-12(13)3/h4-9H,1-3H3,(H,19,21,23)/b14-9+. The molecule has 1 aromatic heterocycles.